The maximum Gasteiger partial charge on any atom is 0.360 e. The van der Waals surface area contributed by atoms with Gasteiger partial charge < -0.3 is 19.3 Å². The SMILES string of the molecule is CCOC(=O)c1cn(CC(=O)N2CCN(c3ccc(OC)cc3)CC2)nn1. The van der Waals surface area contributed by atoms with Crippen molar-refractivity contribution in [1.29, 1.82) is 0 Å². The van der Waals surface area contributed by atoms with Crippen LogP contribution in [0.25, 0.3) is 0 Å². The lowest BCUT2D eigenvalue weighted by molar-refractivity contribution is -0.132. The summed E-state index contributed by atoms with van der Waals surface area (Å²) in [7, 11) is 1.64. The average Bonchev–Trinajstić information content (AvgIpc) is 3.17. The third kappa shape index (κ3) is 4.55. The van der Waals surface area contributed by atoms with E-state index < -0.39 is 5.97 Å². The van der Waals surface area contributed by atoms with E-state index >= 15 is 0 Å². The van der Waals surface area contributed by atoms with Gasteiger partial charge in [-0.3, -0.25) is 4.79 Å². The minimum absolute atomic E-state index is 0.0505. The predicted molar refractivity (Wildman–Crippen MR) is 97.8 cm³/mol. The van der Waals surface area contributed by atoms with Gasteiger partial charge in [0.15, 0.2) is 5.69 Å². The molecule has 0 radical (unpaired) electrons. The molecule has 0 unspecified atom stereocenters. The second kappa shape index (κ2) is 8.52. The fraction of sp³-hybridized carbons (Fsp3) is 0.444. The molecule has 1 aromatic heterocycles. The van der Waals surface area contributed by atoms with Gasteiger partial charge in [0.2, 0.25) is 5.91 Å². The van der Waals surface area contributed by atoms with E-state index in [1.54, 1.807) is 18.9 Å². The van der Waals surface area contributed by atoms with Crippen molar-refractivity contribution >= 4 is 17.6 Å². The second-order valence-corrected chi connectivity index (χ2v) is 6.09. The van der Waals surface area contributed by atoms with Crippen LogP contribution in [0.1, 0.15) is 17.4 Å². The van der Waals surface area contributed by atoms with Crippen LogP contribution in [0.15, 0.2) is 30.5 Å². The number of rotatable bonds is 6. The molecule has 1 aliphatic rings. The lowest BCUT2D eigenvalue weighted by Crippen LogP contribution is -2.49. The molecule has 9 heteroatoms. The number of methoxy groups -OCH3 is 1. The van der Waals surface area contributed by atoms with Crippen LogP contribution in [0.4, 0.5) is 5.69 Å². The molecule has 144 valence electrons. The number of anilines is 1. The smallest absolute Gasteiger partial charge is 0.360 e. The molecule has 2 aromatic rings. The van der Waals surface area contributed by atoms with Crippen molar-refractivity contribution in [2.45, 2.75) is 13.5 Å². The maximum absolute atomic E-state index is 12.5. The molecule has 1 aromatic carbocycles. The first kappa shape index (κ1) is 18.7. The highest BCUT2D eigenvalue weighted by atomic mass is 16.5. The van der Waals surface area contributed by atoms with Gasteiger partial charge in [-0.25, -0.2) is 9.48 Å². The molecule has 0 N–H and O–H groups in total. The molecule has 1 fully saturated rings. The van der Waals surface area contributed by atoms with Gasteiger partial charge in [0.25, 0.3) is 0 Å². The number of carbonyl (C=O) groups excluding carboxylic acids is 2. The number of amides is 1. The number of esters is 1. The fourth-order valence-electron chi connectivity index (χ4n) is 2.92. The Bertz CT molecular complexity index is 781. The summed E-state index contributed by atoms with van der Waals surface area (Å²) < 4.78 is 11.4. The summed E-state index contributed by atoms with van der Waals surface area (Å²) in [5.74, 6) is 0.233. The maximum atomic E-state index is 12.5. The van der Waals surface area contributed by atoms with Crippen LogP contribution in [-0.2, 0) is 16.1 Å². The number of aromatic nitrogens is 3. The fourth-order valence-corrected chi connectivity index (χ4v) is 2.92. The summed E-state index contributed by atoms with van der Waals surface area (Å²) in [4.78, 5) is 28.1. The molecule has 0 spiro atoms. The van der Waals surface area contributed by atoms with Crippen LogP contribution in [0.2, 0.25) is 0 Å². The minimum atomic E-state index is -0.538. The first-order valence-electron chi connectivity index (χ1n) is 8.84. The van der Waals surface area contributed by atoms with Gasteiger partial charge in [-0.2, -0.15) is 0 Å². The van der Waals surface area contributed by atoms with Gasteiger partial charge in [-0.05, 0) is 31.2 Å². The van der Waals surface area contributed by atoms with Crippen molar-refractivity contribution in [3.8, 4) is 5.75 Å². The second-order valence-electron chi connectivity index (χ2n) is 6.09. The van der Waals surface area contributed by atoms with Gasteiger partial charge >= 0.3 is 5.97 Å². The summed E-state index contributed by atoms with van der Waals surface area (Å²) in [5, 5.41) is 7.58. The van der Waals surface area contributed by atoms with Gasteiger partial charge in [0.1, 0.15) is 12.3 Å². The Labute approximate surface area is 157 Å². The van der Waals surface area contributed by atoms with Crippen LogP contribution in [0.5, 0.6) is 5.75 Å². The lowest BCUT2D eigenvalue weighted by Gasteiger charge is -2.36. The lowest BCUT2D eigenvalue weighted by atomic mass is 10.2. The van der Waals surface area contributed by atoms with Crippen molar-refractivity contribution in [3.63, 3.8) is 0 Å². The molecule has 1 aliphatic heterocycles. The number of carbonyl (C=O) groups is 2. The predicted octanol–water partition coefficient (Wildman–Crippen LogP) is 0.812. The highest BCUT2D eigenvalue weighted by Crippen LogP contribution is 2.20. The normalized spacial score (nSPS) is 14.1. The van der Waals surface area contributed by atoms with Crippen LogP contribution >= 0.6 is 0 Å². The standard InChI is InChI=1S/C18H23N5O4/c1-3-27-18(25)16-12-23(20-19-16)13-17(24)22-10-8-21(9-11-22)14-4-6-15(26-2)7-5-14/h4-7,12H,3,8-11,13H2,1-2H3. The number of ether oxygens (including phenoxy) is 2. The van der Waals surface area contributed by atoms with Crippen molar-refractivity contribution in [3.05, 3.63) is 36.2 Å². The average molecular weight is 373 g/mol. The molecule has 1 amide bonds. The minimum Gasteiger partial charge on any atom is -0.497 e. The van der Waals surface area contributed by atoms with Gasteiger partial charge in [0.05, 0.1) is 19.9 Å². The molecule has 0 saturated carbocycles. The summed E-state index contributed by atoms with van der Waals surface area (Å²) in [6.07, 6.45) is 1.43. The van der Waals surface area contributed by atoms with E-state index in [2.05, 4.69) is 15.2 Å². The molecule has 0 aliphatic carbocycles. The summed E-state index contributed by atoms with van der Waals surface area (Å²) in [5.41, 5.74) is 1.22. The molecule has 3 rings (SSSR count). The molecule has 2 heterocycles. The van der Waals surface area contributed by atoms with Crippen LogP contribution in [-0.4, -0.2) is 71.7 Å². The number of hydrogen-bond donors (Lipinski definition) is 0. The van der Waals surface area contributed by atoms with E-state index in [0.717, 1.165) is 24.5 Å². The van der Waals surface area contributed by atoms with Gasteiger partial charge in [0, 0.05) is 31.9 Å². The third-order valence-electron chi connectivity index (χ3n) is 4.39. The Morgan fingerprint density at radius 2 is 1.81 bits per heavy atom. The van der Waals surface area contributed by atoms with Crippen molar-refractivity contribution < 1.29 is 19.1 Å². The number of nitrogens with zero attached hydrogens (tertiary/aromatic N) is 5. The summed E-state index contributed by atoms with van der Waals surface area (Å²) in [6, 6.07) is 7.89. The topological polar surface area (TPSA) is 89.8 Å². The quantitative estimate of drug-likeness (QED) is 0.692. The van der Waals surface area contributed by atoms with Crippen molar-refractivity contribution in [2.75, 3.05) is 44.8 Å². The van der Waals surface area contributed by atoms with Crippen molar-refractivity contribution in [1.82, 2.24) is 19.9 Å². The highest BCUT2D eigenvalue weighted by molar-refractivity contribution is 5.86. The Morgan fingerprint density at radius 1 is 1.11 bits per heavy atom. The van der Waals surface area contributed by atoms with Gasteiger partial charge in [-0.15, -0.1) is 5.10 Å². The molecule has 1 saturated heterocycles. The van der Waals surface area contributed by atoms with E-state index in [1.165, 1.54) is 10.9 Å². The molecular weight excluding hydrogens is 350 g/mol. The van der Waals surface area contributed by atoms with Gasteiger partial charge in [-0.1, -0.05) is 5.21 Å². The Balaban J connectivity index is 1.51. The first-order chi connectivity index (χ1) is 13.1. The zero-order valence-corrected chi connectivity index (χ0v) is 15.5. The van der Waals surface area contributed by atoms with Crippen LogP contribution in [0, 0.1) is 0 Å². The monoisotopic (exact) mass is 373 g/mol. The number of benzene rings is 1. The summed E-state index contributed by atoms with van der Waals surface area (Å²) in [6.45, 7) is 4.80. The van der Waals surface area contributed by atoms with Crippen LogP contribution in [0.3, 0.4) is 0 Å². The van der Waals surface area contributed by atoms with E-state index in [-0.39, 0.29) is 24.8 Å². The molecule has 0 atom stereocenters. The molecule has 27 heavy (non-hydrogen) atoms. The molecular formula is C18H23N5O4. The molecule has 0 bridgehead atoms. The Hall–Kier alpha value is -3.10. The third-order valence-corrected chi connectivity index (χ3v) is 4.39. The molecule has 9 nitrogen and oxygen atoms in total. The van der Waals surface area contributed by atoms with Crippen LogP contribution < -0.4 is 9.64 Å². The first-order valence-corrected chi connectivity index (χ1v) is 8.84. The highest BCUT2D eigenvalue weighted by Gasteiger charge is 2.22. The van der Waals surface area contributed by atoms with E-state index in [0.29, 0.717) is 13.1 Å². The zero-order valence-electron chi connectivity index (χ0n) is 15.5. The van der Waals surface area contributed by atoms with E-state index in [9.17, 15) is 9.59 Å². The van der Waals surface area contributed by atoms with Crippen molar-refractivity contribution in [2.24, 2.45) is 0 Å². The Kier molecular flexibility index (Phi) is 5.90. The number of piperazine rings is 1. The Morgan fingerprint density at radius 3 is 2.44 bits per heavy atom. The zero-order chi connectivity index (χ0) is 19.2. The number of hydrogen-bond acceptors (Lipinski definition) is 7. The summed E-state index contributed by atoms with van der Waals surface area (Å²) >= 11 is 0. The van der Waals surface area contributed by atoms with E-state index in [1.807, 2.05) is 24.3 Å². The van der Waals surface area contributed by atoms with E-state index in [4.69, 9.17) is 9.47 Å². The largest absolute Gasteiger partial charge is 0.497 e.